The molecule has 0 spiro atoms. The zero-order valence-electron chi connectivity index (χ0n) is 17.4. The third-order valence-electron chi connectivity index (χ3n) is 4.46. The lowest BCUT2D eigenvalue weighted by atomic mass is 10.0. The second-order valence-electron chi connectivity index (χ2n) is 6.53. The smallest absolute Gasteiger partial charge is 0.341 e. The number of benzene rings is 2. The number of carbonyl (C=O) groups excluding carboxylic acids is 2. The van der Waals surface area contributed by atoms with Crippen LogP contribution in [0.5, 0.6) is 5.75 Å². The predicted octanol–water partition coefficient (Wildman–Crippen LogP) is 6.21. The summed E-state index contributed by atoms with van der Waals surface area (Å²) in [5.74, 6) is -0.199. The van der Waals surface area contributed by atoms with Crippen LogP contribution in [0.3, 0.4) is 0 Å². The molecule has 0 radical (unpaired) electrons. The molecule has 3 aromatic rings. The standard InChI is InChI=1S/C24H22ClNO4S/c1-4-30-19-11-6-5-8-16(19)12-13-20(27)26-23-22(24(28)29-3)21(15(2)31-23)17-9-7-10-18(25)14-17/h5-14H,4H2,1-3H3,(H,26,27)/b13-12+. The number of para-hydroxylation sites is 1. The van der Waals surface area contributed by atoms with Gasteiger partial charge in [0.25, 0.3) is 0 Å². The maximum absolute atomic E-state index is 12.6. The molecule has 3 rings (SSSR count). The van der Waals surface area contributed by atoms with Gasteiger partial charge in [-0.15, -0.1) is 11.3 Å². The number of esters is 1. The zero-order valence-corrected chi connectivity index (χ0v) is 19.0. The third-order valence-corrected chi connectivity index (χ3v) is 5.71. The van der Waals surface area contributed by atoms with Crippen molar-refractivity contribution in [2.45, 2.75) is 13.8 Å². The van der Waals surface area contributed by atoms with Crippen LogP contribution in [0.15, 0.2) is 54.6 Å². The highest BCUT2D eigenvalue weighted by molar-refractivity contribution is 7.17. The summed E-state index contributed by atoms with van der Waals surface area (Å²) < 4.78 is 10.6. The number of rotatable bonds is 7. The molecule has 0 saturated carbocycles. The molecule has 0 unspecified atom stereocenters. The fourth-order valence-corrected chi connectivity index (χ4v) is 4.40. The quantitative estimate of drug-likeness (QED) is 0.339. The molecule has 0 fully saturated rings. The Morgan fingerprint density at radius 2 is 1.94 bits per heavy atom. The van der Waals surface area contributed by atoms with Crippen LogP contribution in [0, 0.1) is 6.92 Å². The highest BCUT2D eigenvalue weighted by atomic mass is 35.5. The van der Waals surface area contributed by atoms with E-state index in [0.717, 1.165) is 16.0 Å². The number of methoxy groups -OCH3 is 1. The van der Waals surface area contributed by atoms with Gasteiger partial charge in [0.1, 0.15) is 16.3 Å². The topological polar surface area (TPSA) is 64.6 Å². The molecule has 1 amide bonds. The monoisotopic (exact) mass is 455 g/mol. The molecule has 0 aliphatic rings. The number of halogens is 1. The van der Waals surface area contributed by atoms with Crippen LogP contribution in [-0.2, 0) is 9.53 Å². The Labute approximate surface area is 190 Å². The molecular formula is C24H22ClNO4S. The number of hydrogen-bond donors (Lipinski definition) is 1. The summed E-state index contributed by atoms with van der Waals surface area (Å²) >= 11 is 7.45. The van der Waals surface area contributed by atoms with E-state index in [0.29, 0.717) is 33.5 Å². The first kappa shape index (κ1) is 22.6. The van der Waals surface area contributed by atoms with Crippen molar-refractivity contribution < 1.29 is 19.1 Å². The molecule has 0 aliphatic carbocycles. The highest BCUT2D eigenvalue weighted by Gasteiger charge is 2.25. The van der Waals surface area contributed by atoms with Gasteiger partial charge in [0.15, 0.2) is 0 Å². The number of anilines is 1. The fourth-order valence-electron chi connectivity index (χ4n) is 3.15. The van der Waals surface area contributed by atoms with Crippen LogP contribution in [-0.4, -0.2) is 25.6 Å². The van der Waals surface area contributed by atoms with Gasteiger partial charge in [-0.2, -0.15) is 0 Å². The van der Waals surface area contributed by atoms with E-state index in [1.165, 1.54) is 24.5 Å². The van der Waals surface area contributed by atoms with Crippen LogP contribution in [0.2, 0.25) is 5.02 Å². The van der Waals surface area contributed by atoms with Crippen molar-refractivity contribution >= 4 is 45.9 Å². The van der Waals surface area contributed by atoms with Crippen molar-refractivity contribution in [3.05, 3.63) is 75.6 Å². The summed E-state index contributed by atoms with van der Waals surface area (Å²) in [5.41, 5.74) is 2.57. The zero-order chi connectivity index (χ0) is 22.4. The van der Waals surface area contributed by atoms with E-state index in [2.05, 4.69) is 5.32 Å². The van der Waals surface area contributed by atoms with Crippen molar-refractivity contribution in [1.82, 2.24) is 0 Å². The largest absolute Gasteiger partial charge is 0.493 e. The second kappa shape index (κ2) is 10.3. The summed E-state index contributed by atoms with van der Waals surface area (Å²) in [5, 5.41) is 3.79. The van der Waals surface area contributed by atoms with Crippen LogP contribution in [0.1, 0.15) is 27.7 Å². The van der Waals surface area contributed by atoms with Crippen LogP contribution < -0.4 is 10.1 Å². The number of hydrogen-bond acceptors (Lipinski definition) is 5. The van der Waals surface area contributed by atoms with E-state index in [-0.39, 0.29) is 5.91 Å². The minimum atomic E-state index is -0.528. The summed E-state index contributed by atoms with van der Waals surface area (Å²) in [6.07, 6.45) is 3.09. The van der Waals surface area contributed by atoms with Crippen molar-refractivity contribution in [2.24, 2.45) is 0 Å². The Bertz CT molecular complexity index is 1140. The number of nitrogens with one attached hydrogen (secondary N) is 1. The van der Waals surface area contributed by atoms with Gasteiger partial charge in [-0.05, 0) is 43.7 Å². The van der Waals surface area contributed by atoms with Gasteiger partial charge in [-0.1, -0.05) is 41.9 Å². The lowest BCUT2D eigenvalue weighted by Gasteiger charge is -2.08. The van der Waals surface area contributed by atoms with Gasteiger partial charge >= 0.3 is 5.97 Å². The Kier molecular flexibility index (Phi) is 7.50. The van der Waals surface area contributed by atoms with E-state index in [1.54, 1.807) is 18.2 Å². The lowest BCUT2D eigenvalue weighted by Crippen LogP contribution is -2.11. The van der Waals surface area contributed by atoms with Gasteiger partial charge in [0, 0.05) is 27.1 Å². The van der Waals surface area contributed by atoms with E-state index in [4.69, 9.17) is 21.1 Å². The van der Waals surface area contributed by atoms with E-state index in [1.807, 2.05) is 50.2 Å². The maximum atomic E-state index is 12.6. The van der Waals surface area contributed by atoms with Gasteiger partial charge < -0.3 is 14.8 Å². The van der Waals surface area contributed by atoms with Crippen LogP contribution in [0.25, 0.3) is 17.2 Å². The molecule has 1 heterocycles. The highest BCUT2D eigenvalue weighted by Crippen LogP contribution is 2.41. The molecule has 1 aromatic heterocycles. The molecule has 0 aliphatic heterocycles. The van der Waals surface area contributed by atoms with Gasteiger partial charge in [0.05, 0.1) is 13.7 Å². The van der Waals surface area contributed by atoms with E-state index in [9.17, 15) is 9.59 Å². The van der Waals surface area contributed by atoms with Crippen molar-refractivity contribution in [2.75, 3.05) is 19.0 Å². The van der Waals surface area contributed by atoms with Crippen molar-refractivity contribution in [3.8, 4) is 16.9 Å². The molecule has 2 aromatic carbocycles. The average molecular weight is 456 g/mol. The van der Waals surface area contributed by atoms with E-state index < -0.39 is 5.97 Å². The summed E-state index contributed by atoms with van der Waals surface area (Å²) in [6.45, 7) is 4.32. The Morgan fingerprint density at radius 3 is 2.65 bits per heavy atom. The molecule has 1 N–H and O–H groups in total. The Morgan fingerprint density at radius 1 is 1.16 bits per heavy atom. The van der Waals surface area contributed by atoms with Crippen molar-refractivity contribution in [3.63, 3.8) is 0 Å². The van der Waals surface area contributed by atoms with Gasteiger partial charge in [-0.25, -0.2) is 4.79 Å². The van der Waals surface area contributed by atoms with Crippen LogP contribution >= 0.6 is 22.9 Å². The molecule has 0 saturated heterocycles. The normalized spacial score (nSPS) is 10.8. The number of carbonyl (C=O) groups is 2. The number of thiophene rings is 1. The number of aryl methyl sites for hydroxylation is 1. The molecule has 0 atom stereocenters. The summed E-state index contributed by atoms with van der Waals surface area (Å²) in [6, 6.07) is 14.7. The lowest BCUT2D eigenvalue weighted by molar-refractivity contribution is -0.111. The van der Waals surface area contributed by atoms with Crippen LogP contribution in [0.4, 0.5) is 5.00 Å². The van der Waals surface area contributed by atoms with Gasteiger partial charge in [0.2, 0.25) is 5.91 Å². The minimum absolute atomic E-state index is 0.309. The predicted molar refractivity (Wildman–Crippen MR) is 126 cm³/mol. The van der Waals surface area contributed by atoms with E-state index >= 15 is 0 Å². The Hall–Kier alpha value is -3.09. The summed E-state index contributed by atoms with van der Waals surface area (Å²) in [4.78, 5) is 26.1. The summed E-state index contributed by atoms with van der Waals surface area (Å²) in [7, 11) is 1.31. The Balaban J connectivity index is 1.92. The van der Waals surface area contributed by atoms with Gasteiger partial charge in [-0.3, -0.25) is 4.79 Å². The first-order chi connectivity index (χ1) is 14.9. The molecule has 5 nitrogen and oxygen atoms in total. The number of ether oxygens (including phenoxy) is 2. The first-order valence-electron chi connectivity index (χ1n) is 9.63. The minimum Gasteiger partial charge on any atom is -0.493 e. The number of amides is 1. The average Bonchev–Trinajstić information content (AvgIpc) is 3.08. The van der Waals surface area contributed by atoms with Crippen molar-refractivity contribution in [1.29, 1.82) is 0 Å². The fraction of sp³-hybridized carbons (Fsp3) is 0.167. The molecule has 31 heavy (non-hydrogen) atoms. The second-order valence-corrected chi connectivity index (χ2v) is 8.19. The molecule has 7 heteroatoms. The third kappa shape index (κ3) is 5.34. The molecule has 160 valence electrons. The first-order valence-corrected chi connectivity index (χ1v) is 10.8. The maximum Gasteiger partial charge on any atom is 0.341 e. The SMILES string of the molecule is CCOc1ccccc1/C=C/C(=O)Nc1sc(C)c(-c2cccc(Cl)c2)c1C(=O)OC. The molecular weight excluding hydrogens is 434 g/mol. The molecule has 0 bridgehead atoms.